The van der Waals surface area contributed by atoms with E-state index in [9.17, 15) is 4.39 Å². The van der Waals surface area contributed by atoms with E-state index >= 15 is 0 Å². The van der Waals surface area contributed by atoms with E-state index in [1.807, 2.05) is 26.0 Å². The van der Waals surface area contributed by atoms with Crippen LogP contribution in [0.15, 0.2) is 37.4 Å². The maximum Gasteiger partial charge on any atom is 0.126 e. The molecular formula is C11H15F. The first-order chi connectivity index (χ1) is 5.72. The van der Waals surface area contributed by atoms with Gasteiger partial charge in [-0.1, -0.05) is 32.0 Å². The molecule has 66 valence electrons. The number of halogens is 1. The molecule has 0 spiro atoms. The third kappa shape index (κ3) is 2.87. The minimum Gasteiger partial charge on any atom is -0.207 e. The van der Waals surface area contributed by atoms with E-state index in [0.717, 1.165) is 5.56 Å². The van der Waals surface area contributed by atoms with Crippen molar-refractivity contribution in [2.24, 2.45) is 0 Å². The second-order valence-electron chi connectivity index (χ2n) is 2.68. The molecule has 0 saturated heterocycles. The average molecular weight is 166 g/mol. The second-order valence-corrected chi connectivity index (χ2v) is 2.68. The van der Waals surface area contributed by atoms with Crippen molar-refractivity contribution >= 4 is 0 Å². The average Bonchev–Trinajstić information content (AvgIpc) is 2.08. The highest BCUT2D eigenvalue weighted by atomic mass is 19.1. The predicted octanol–water partition coefficient (Wildman–Crippen LogP) is 3.75. The van der Waals surface area contributed by atoms with Gasteiger partial charge in [-0.05, 0) is 17.5 Å². The summed E-state index contributed by atoms with van der Waals surface area (Å²) >= 11 is 0. The van der Waals surface area contributed by atoms with E-state index in [-0.39, 0.29) is 11.7 Å². The molecule has 0 heterocycles. The van der Waals surface area contributed by atoms with E-state index in [4.69, 9.17) is 0 Å². The molecule has 0 saturated carbocycles. The predicted molar refractivity (Wildman–Crippen MR) is 51.7 cm³/mol. The fraction of sp³-hybridized carbons (Fsp3) is 0.273. The van der Waals surface area contributed by atoms with Gasteiger partial charge >= 0.3 is 0 Å². The van der Waals surface area contributed by atoms with Gasteiger partial charge in [0.2, 0.25) is 0 Å². The lowest BCUT2D eigenvalue weighted by molar-refractivity contribution is 0.598. The maximum atomic E-state index is 12.8. The zero-order valence-electron chi connectivity index (χ0n) is 7.68. The van der Waals surface area contributed by atoms with Crippen molar-refractivity contribution in [1.29, 1.82) is 0 Å². The van der Waals surface area contributed by atoms with Crippen LogP contribution in [0.4, 0.5) is 4.39 Å². The summed E-state index contributed by atoms with van der Waals surface area (Å²) in [5, 5.41) is 0. The zero-order chi connectivity index (χ0) is 9.56. The van der Waals surface area contributed by atoms with Gasteiger partial charge in [0, 0.05) is 0 Å². The van der Waals surface area contributed by atoms with E-state index in [2.05, 4.69) is 13.2 Å². The van der Waals surface area contributed by atoms with Crippen molar-refractivity contribution in [3.05, 3.63) is 48.8 Å². The van der Waals surface area contributed by atoms with Crippen LogP contribution < -0.4 is 0 Å². The Morgan fingerprint density at radius 2 is 1.67 bits per heavy atom. The monoisotopic (exact) mass is 166 g/mol. The summed E-state index contributed by atoms with van der Waals surface area (Å²) in [7, 11) is 0. The van der Waals surface area contributed by atoms with E-state index < -0.39 is 0 Å². The fourth-order valence-electron chi connectivity index (χ4n) is 0.943. The highest BCUT2D eigenvalue weighted by molar-refractivity contribution is 5.20. The Labute approximate surface area is 73.7 Å². The molecule has 0 aromatic heterocycles. The van der Waals surface area contributed by atoms with Crippen LogP contribution in [-0.2, 0) is 0 Å². The molecule has 1 aromatic carbocycles. The normalized spacial score (nSPS) is 9.00. The molecule has 0 bridgehead atoms. The molecular weight excluding hydrogens is 151 g/mol. The number of hydrogen-bond donors (Lipinski definition) is 0. The van der Waals surface area contributed by atoms with Crippen molar-refractivity contribution in [1.82, 2.24) is 0 Å². The summed E-state index contributed by atoms with van der Waals surface area (Å²) in [6, 6.07) is 6.88. The van der Waals surface area contributed by atoms with Crippen molar-refractivity contribution in [3.8, 4) is 0 Å². The minimum atomic E-state index is -0.0995. The molecule has 0 aliphatic rings. The lowest BCUT2D eigenvalue weighted by Crippen LogP contribution is -1.90. The number of benzene rings is 1. The first-order valence-corrected chi connectivity index (χ1v) is 3.96. The van der Waals surface area contributed by atoms with Crippen molar-refractivity contribution < 1.29 is 4.39 Å². The molecule has 0 amide bonds. The van der Waals surface area contributed by atoms with Crippen LogP contribution in [0.5, 0.6) is 0 Å². The molecule has 0 atom stereocenters. The van der Waals surface area contributed by atoms with Crippen LogP contribution in [0.25, 0.3) is 0 Å². The van der Waals surface area contributed by atoms with Crippen molar-refractivity contribution in [2.75, 3.05) is 0 Å². The van der Waals surface area contributed by atoms with Crippen molar-refractivity contribution in [2.45, 2.75) is 19.8 Å². The quantitative estimate of drug-likeness (QED) is 0.557. The van der Waals surface area contributed by atoms with E-state index in [1.165, 1.54) is 6.07 Å². The lowest BCUT2D eigenvalue weighted by atomic mass is 10.0. The second kappa shape index (κ2) is 5.53. The molecule has 0 aliphatic carbocycles. The van der Waals surface area contributed by atoms with Gasteiger partial charge in [-0.15, -0.1) is 13.2 Å². The van der Waals surface area contributed by atoms with E-state index in [1.54, 1.807) is 6.07 Å². The van der Waals surface area contributed by atoms with Crippen LogP contribution >= 0.6 is 0 Å². The SMILES string of the molecule is C=C.CC(C)c1ccccc1F. The van der Waals surface area contributed by atoms with Gasteiger partial charge in [0.05, 0.1) is 0 Å². The highest BCUT2D eigenvalue weighted by Gasteiger charge is 2.02. The summed E-state index contributed by atoms with van der Waals surface area (Å²) in [6.07, 6.45) is 0. The van der Waals surface area contributed by atoms with Crippen molar-refractivity contribution in [3.63, 3.8) is 0 Å². The van der Waals surface area contributed by atoms with Gasteiger partial charge in [0.15, 0.2) is 0 Å². The molecule has 0 unspecified atom stereocenters. The zero-order valence-corrected chi connectivity index (χ0v) is 7.68. The Morgan fingerprint density at radius 3 is 2.00 bits per heavy atom. The maximum absolute atomic E-state index is 12.8. The Morgan fingerprint density at radius 1 is 1.17 bits per heavy atom. The third-order valence-corrected chi connectivity index (χ3v) is 1.53. The van der Waals surface area contributed by atoms with Gasteiger partial charge in [0.25, 0.3) is 0 Å². The summed E-state index contributed by atoms with van der Waals surface area (Å²) in [4.78, 5) is 0. The Bertz CT molecular complexity index is 228. The largest absolute Gasteiger partial charge is 0.207 e. The molecule has 0 radical (unpaired) electrons. The van der Waals surface area contributed by atoms with Gasteiger partial charge in [-0.3, -0.25) is 0 Å². The van der Waals surface area contributed by atoms with Gasteiger partial charge in [0.1, 0.15) is 5.82 Å². The summed E-state index contributed by atoms with van der Waals surface area (Å²) in [5.41, 5.74) is 0.794. The minimum absolute atomic E-state index is 0.0995. The smallest absolute Gasteiger partial charge is 0.126 e. The van der Waals surface area contributed by atoms with Crippen LogP contribution in [0.2, 0.25) is 0 Å². The van der Waals surface area contributed by atoms with Crippen LogP contribution in [0.1, 0.15) is 25.3 Å². The number of rotatable bonds is 1. The molecule has 12 heavy (non-hydrogen) atoms. The van der Waals surface area contributed by atoms with Gasteiger partial charge in [-0.25, -0.2) is 4.39 Å². The first-order valence-electron chi connectivity index (χ1n) is 3.96. The molecule has 0 N–H and O–H groups in total. The first kappa shape index (κ1) is 10.9. The highest BCUT2D eigenvalue weighted by Crippen LogP contribution is 2.16. The van der Waals surface area contributed by atoms with Crippen LogP contribution in [0.3, 0.4) is 0 Å². The standard InChI is InChI=1S/C9H11F.C2H4/c1-7(2)8-5-3-4-6-9(8)10;1-2/h3-7H,1-2H3;1-2H2. The Balaban J connectivity index is 0.000000561. The molecule has 1 aromatic rings. The Hall–Kier alpha value is -1.11. The topological polar surface area (TPSA) is 0 Å². The van der Waals surface area contributed by atoms with Gasteiger partial charge < -0.3 is 0 Å². The molecule has 1 rings (SSSR count). The Kier molecular flexibility index (Phi) is 5.02. The van der Waals surface area contributed by atoms with E-state index in [0.29, 0.717) is 0 Å². The van der Waals surface area contributed by atoms with Crippen LogP contribution in [-0.4, -0.2) is 0 Å². The third-order valence-electron chi connectivity index (χ3n) is 1.53. The fourth-order valence-corrected chi connectivity index (χ4v) is 0.943. The molecule has 1 heteroatoms. The number of hydrogen-bond acceptors (Lipinski definition) is 0. The summed E-state index contributed by atoms with van der Waals surface area (Å²) < 4.78 is 12.8. The molecule has 0 aliphatic heterocycles. The summed E-state index contributed by atoms with van der Waals surface area (Å²) in [5.74, 6) is 0.179. The van der Waals surface area contributed by atoms with Crippen LogP contribution in [0, 0.1) is 5.82 Å². The lowest BCUT2D eigenvalue weighted by Gasteiger charge is -2.04. The van der Waals surface area contributed by atoms with Gasteiger partial charge in [-0.2, -0.15) is 0 Å². The molecule has 0 fully saturated rings. The summed E-state index contributed by atoms with van der Waals surface area (Å²) in [6.45, 7) is 9.97. The molecule has 0 nitrogen and oxygen atoms in total.